The lowest BCUT2D eigenvalue weighted by molar-refractivity contribution is -0.129. The first-order valence-electron chi connectivity index (χ1n) is 6.74. The van der Waals surface area contributed by atoms with Crippen LogP contribution < -0.4 is 5.73 Å². The first-order chi connectivity index (χ1) is 10.0. The van der Waals surface area contributed by atoms with Crippen LogP contribution in [0, 0.1) is 0 Å². The molecule has 2 N–H and O–H groups in total. The van der Waals surface area contributed by atoms with E-state index in [1.165, 1.54) is 22.7 Å². The molecule has 0 bridgehead atoms. The molecule has 0 fully saturated rings. The molecule has 2 aromatic rings. The lowest BCUT2D eigenvalue weighted by Gasteiger charge is -2.16. The molecule has 114 valence electrons. The molecule has 0 aliphatic heterocycles. The molecular formula is C14H18ClN3OS2. The quantitative estimate of drug-likeness (QED) is 0.865. The van der Waals surface area contributed by atoms with Crippen LogP contribution in [0.3, 0.4) is 0 Å². The molecule has 0 radical (unpaired) electrons. The van der Waals surface area contributed by atoms with Crippen molar-refractivity contribution in [3.05, 3.63) is 21.3 Å². The van der Waals surface area contributed by atoms with E-state index in [9.17, 15) is 4.79 Å². The van der Waals surface area contributed by atoms with Gasteiger partial charge in [0.2, 0.25) is 5.91 Å². The zero-order valence-corrected chi connectivity index (χ0v) is 14.4. The number of carbonyl (C=O) groups excluding carboxylic acids is 1. The highest BCUT2D eigenvalue weighted by Gasteiger charge is 2.18. The van der Waals surface area contributed by atoms with E-state index in [-0.39, 0.29) is 5.91 Å². The molecule has 0 saturated carbocycles. The number of rotatable bonds is 6. The lowest BCUT2D eigenvalue weighted by atomic mass is 10.2. The molecule has 0 atom stereocenters. The van der Waals surface area contributed by atoms with Crippen LogP contribution in [0.25, 0.3) is 10.6 Å². The number of amides is 1. The van der Waals surface area contributed by atoms with Gasteiger partial charge in [-0.2, -0.15) is 0 Å². The number of nitrogens with zero attached hydrogens (tertiary/aromatic N) is 2. The Balaban J connectivity index is 2.15. The van der Waals surface area contributed by atoms with Gasteiger partial charge in [-0.25, -0.2) is 4.98 Å². The highest BCUT2D eigenvalue weighted by Crippen LogP contribution is 2.35. The molecule has 0 spiro atoms. The summed E-state index contributed by atoms with van der Waals surface area (Å²) < 4.78 is 0. The topological polar surface area (TPSA) is 59.2 Å². The van der Waals surface area contributed by atoms with E-state index in [4.69, 9.17) is 17.3 Å². The minimum absolute atomic E-state index is 0.0935. The summed E-state index contributed by atoms with van der Waals surface area (Å²) >= 11 is 8.84. The number of hydrogen-bond acceptors (Lipinski definition) is 5. The standard InChI is InChI=1S/C14H18ClN3OS2/c1-3-4-5-18(2)12(19)7-11-13(17-14(16)21-11)10-6-9(15)8-20-10/h6,8H,3-5,7H2,1-2H3,(H2,16,17). The molecule has 0 saturated heterocycles. The molecule has 2 aromatic heterocycles. The van der Waals surface area contributed by atoms with Gasteiger partial charge in [-0.1, -0.05) is 24.9 Å². The molecule has 2 heterocycles. The van der Waals surface area contributed by atoms with E-state index in [0.717, 1.165) is 34.8 Å². The smallest absolute Gasteiger partial charge is 0.227 e. The summed E-state index contributed by atoms with van der Waals surface area (Å²) in [7, 11) is 1.84. The minimum Gasteiger partial charge on any atom is -0.375 e. The van der Waals surface area contributed by atoms with Gasteiger partial charge in [-0.15, -0.1) is 22.7 Å². The first-order valence-corrected chi connectivity index (χ1v) is 8.82. The monoisotopic (exact) mass is 343 g/mol. The van der Waals surface area contributed by atoms with Crippen molar-refractivity contribution in [2.45, 2.75) is 26.2 Å². The third kappa shape index (κ3) is 4.18. The summed E-state index contributed by atoms with van der Waals surface area (Å²) in [4.78, 5) is 20.2. The predicted octanol–water partition coefficient (Wildman–Crippen LogP) is 3.91. The second kappa shape index (κ2) is 7.24. The Hall–Kier alpha value is -1.11. The molecule has 4 nitrogen and oxygen atoms in total. The molecule has 0 aromatic carbocycles. The maximum Gasteiger partial charge on any atom is 0.227 e. The Morgan fingerprint density at radius 1 is 1.52 bits per heavy atom. The minimum atomic E-state index is 0.0935. The van der Waals surface area contributed by atoms with Gasteiger partial charge >= 0.3 is 0 Å². The maximum absolute atomic E-state index is 12.3. The predicted molar refractivity (Wildman–Crippen MR) is 91.1 cm³/mol. The van der Waals surface area contributed by atoms with E-state index >= 15 is 0 Å². The van der Waals surface area contributed by atoms with Crippen LogP contribution >= 0.6 is 34.3 Å². The van der Waals surface area contributed by atoms with Crippen LogP contribution in [0.5, 0.6) is 0 Å². The van der Waals surface area contributed by atoms with Crippen LogP contribution in [-0.2, 0) is 11.2 Å². The SMILES string of the molecule is CCCCN(C)C(=O)Cc1sc(N)nc1-c1cc(Cl)cs1. The second-order valence-corrected chi connectivity index (χ2v) is 7.26. The number of unbranched alkanes of at least 4 members (excludes halogenated alkanes) is 1. The van der Waals surface area contributed by atoms with Crippen LogP contribution in [0.15, 0.2) is 11.4 Å². The number of thiazole rings is 1. The summed E-state index contributed by atoms with van der Waals surface area (Å²) in [5, 5.41) is 3.01. The largest absolute Gasteiger partial charge is 0.375 e. The normalized spacial score (nSPS) is 10.8. The molecule has 2 rings (SSSR count). The number of anilines is 1. The van der Waals surface area contributed by atoms with Gasteiger partial charge in [0.25, 0.3) is 0 Å². The van der Waals surface area contributed by atoms with Gasteiger partial charge in [-0.05, 0) is 12.5 Å². The highest BCUT2D eigenvalue weighted by molar-refractivity contribution is 7.17. The van der Waals surface area contributed by atoms with Crippen molar-refractivity contribution >= 4 is 45.3 Å². The number of likely N-dealkylation sites (N-methyl/N-ethyl adjacent to an activating group) is 1. The van der Waals surface area contributed by atoms with Crippen LogP contribution in [-0.4, -0.2) is 29.4 Å². The number of nitrogens with two attached hydrogens (primary N) is 1. The summed E-state index contributed by atoms with van der Waals surface area (Å²) in [5.41, 5.74) is 6.59. The summed E-state index contributed by atoms with van der Waals surface area (Å²) in [6, 6.07) is 1.86. The first kappa shape index (κ1) is 16.3. The van der Waals surface area contributed by atoms with Crippen LogP contribution in [0.1, 0.15) is 24.6 Å². The third-order valence-corrected chi connectivity index (χ3v) is 5.27. The number of thiophene rings is 1. The van der Waals surface area contributed by atoms with E-state index in [0.29, 0.717) is 16.6 Å². The summed E-state index contributed by atoms with van der Waals surface area (Å²) in [6.07, 6.45) is 2.42. The zero-order valence-electron chi connectivity index (χ0n) is 12.1. The average molecular weight is 344 g/mol. The Morgan fingerprint density at radius 2 is 2.29 bits per heavy atom. The van der Waals surface area contributed by atoms with Crippen molar-refractivity contribution in [3.63, 3.8) is 0 Å². The molecule has 1 amide bonds. The number of halogens is 1. The lowest BCUT2D eigenvalue weighted by Crippen LogP contribution is -2.29. The molecule has 0 unspecified atom stereocenters. The maximum atomic E-state index is 12.3. The van der Waals surface area contributed by atoms with Gasteiger partial charge in [0.15, 0.2) is 5.13 Å². The van der Waals surface area contributed by atoms with E-state index in [1.54, 1.807) is 4.90 Å². The van der Waals surface area contributed by atoms with Crippen molar-refractivity contribution < 1.29 is 4.79 Å². The van der Waals surface area contributed by atoms with Gasteiger partial charge in [0, 0.05) is 23.8 Å². The Kier molecular flexibility index (Phi) is 5.61. The Morgan fingerprint density at radius 3 is 2.90 bits per heavy atom. The fraction of sp³-hybridized carbons (Fsp3) is 0.429. The van der Waals surface area contributed by atoms with Crippen molar-refractivity contribution in [2.24, 2.45) is 0 Å². The van der Waals surface area contributed by atoms with Gasteiger partial charge in [0.1, 0.15) is 0 Å². The number of hydrogen-bond donors (Lipinski definition) is 1. The van der Waals surface area contributed by atoms with Crippen molar-refractivity contribution in [1.29, 1.82) is 0 Å². The van der Waals surface area contributed by atoms with Crippen molar-refractivity contribution in [1.82, 2.24) is 9.88 Å². The summed E-state index contributed by atoms with van der Waals surface area (Å²) in [6.45, 7) is 2.89. The van der Waals surface area contributed by atoms with Gasteiger partial charge in [0.05, 0.1) is 22.0 Å². The third-order valence-electron chi connectivity index (χ3n) is 3.10. The van der Waals surface area contributed by atoms with Gasteiger partial charge in [-0.3, -0.25) is 4.79 Å². The second-order valence-electron chi connectivity index (χ2n) is 4.80. The summed E-state index contributed by atoms with van der Waals surface area (Å²) in [5.74, 6) is 0.0935. The molecule has 0 aliphatic rings. The van der Waals surface area contributed by atoms with E-state index < -0.39 is 0 Å². The molecule has 0 aliphatic carbocycles. The fourth-order valence-electron chi connectivity index (χ4n) is 1.91. The van der Waals surface area contributed by atoms with Crippen molar-refractivity contribution in [3.8, 4) is 10.6 Å². The average Bonchev–Trinajstić information content (AvgIpc) is 3.02. The number of carbonyl (C=O) groups is 1. The van der Waals surface area contributed by atoms with E-state index in [1.807, 2.05) is 18.5 Å². The fourth-order valence-corrected chi connectivity index (χ4v) is 3.90. The Labute approximate surface area is 137 Å². The van der Waals surface area contributed by atoms with Crippen LogP contribution in [0.4, 0.5) is 5.13 Å². The Bertz CT molecular complexity index is 624. The molecule has 21 heavy (non-hydrogen) atoms. The van der Waals surface area contributed by atoms with E-state index in [2.05, 4.69) is 11.9 Å². The van der Waals surface area contributed by atoms with Gasteiger partial charge < -0.3 is 10.6 Å². The highest BCUT2D eigenvalue weighted by atomic mass is 35.5. The molecular weight excluding hydrogens is 326 g/mol. The van der Waals surface area contributed by atoms with Crippen molar-refractivity contribution in [2.75, 3.05) is 19.3 Å². The molecule has 7 heteroatoms. The van der Waals surface area contributed by atoms with Crippen LogP contribution in [0.2, 0.25) is 5.02 Å². The number of aromatic nitrogens is 1. The zero-order chi connectivity index (χ0) is 15.4. The number of nitrogen functional groups attached to an aromatic ring is 1.